The van der Waals surface area contributed by atoms with Crippen LogP contribution in [0.5, 0.6) is 5.75 Å². The maximum Gasteiger partial charge on any atom is 0.408 e. The van der Waals surface area contributed by atoms with Crippen LogP contribution in [-0.4, -0.2) is 37.4 Å². The third-order valence-corrected chi connectivity index (χ3v) is 2.82. The molecule has 130 valence electrons. The molecular weight excluding hydrogens is 312 g/mol. The van der Waals surface area contributed by atoms with Gasteiger partial charge in [0.25, 0.3) is 0 Å². The van der Waals surface area contributed by atoms with Gasteiger partial charge in [-0.15, -0.1) is 0 Å². The molecule has 1 atom stereocenters. The number of carbonyl (C=O) groups excluding carboxylic acids is 2. The number of methoxy groups -OCH3 is 1. The molecule has 1 N–H and O–H groups in total. The molecule has 0 heterocycles. The molecule has 0 fully saturated rings. The Labute approximate surface area is 141 Å². The lowest BCUT2D eigenvalue weighted by molar-refractivity contribution is -0.143. The fourth-order valence-corrected chi connectivity index (χ4v) is 1.79. The highest BCUT2D eigenvalue weighted by Crippen LogP contribution is 2.13. The van der Waals surface area contributed by atoms with Gasteiger partial charge in [0.1, 0.15) is 17.4 Å². The van der Waals surface area contributed by atoms with E-state index >= 15 is 0 Å². The molecule has 0 saturated carbocycles. The second-order valence-corrected chi connectivity index (χ2v) is 6.00. The van der Waals surface area contributed by atoms with Crippen molar-refractivity contribution in [2.75, 3.05) is 13.7 Å². The van der Waals surface area contributed by atoms with Crippen LogP contribution in [0.1, 0.15) is 32.8 Å². The molecule has 1 rings (SSSR count). The van der Waals surface area contributed by atoms with Crippen molar-refractivity contribution in [3.63, 3.8) is 0 Å². The Hall–Kier alpha value is -2.75. The van der Waals surface area contributed by atoms with Crippen LogP contribution in [-0.2, 0) is 14.3 Å². The standard InChI is InChI=1S/C17H22N2O5/c1-17(2,3)24-16(21)19-14(15(20)22-4)8-9-23-13-7-5-6-12(10-13)11-18/h5-7,10,14H,8-9H2,1-4H3,(H,19,21)/t14-/m0/s1. The van der Waals surface area contributed by atoms with Gasteiger partial charge >= 0.3 is 12.1 Å². The molecule has 0 spiro atoms. The number of hydrogen-bond acceptors (Lipinski definition) is 6. The number of rotatable bonds is 6. The molecule has 0 radical (unpaired) electrons. The van der Waals surface area contributed by atoms with Crippen molar-refractivity contribution in [1.29, 1.82) is 5.26 Å². The van der Waals surface area contributed by atoms with E-state index in [1.165, 1.54) is 7.11 Å². The van der Waals surface area contributed by atoms with Crippen LogP contribution in [0.2, 0.25) is 0 Å². The Kier molecular flexibility index (Phi) is 7.05. The van der Waals surface area contributed by atoms with Crippen LogP contribution >= 0.6 is 0 Å². The number of hydrogen-bond donors (Lipinski definition) is 1. The summed E-state index contributed by atoms with van der Waals surface area (Å²) < 4.78 is 15.3. The zero-order valence-electron chi connectivity index (χ0n) is 14.3. The topological polar surface area (TPSA) is 97.6 Å². The fourth-order valence-electron chi connectivity index (χ4n) is 1.79. The average molecular weight is 334 g/mol. The highest BCUT2D eigenvalue weighted by molar-refractivity contribution is 5.81. The van der Waals surface area contributed by atoms with Crippen LogP contribution in [0.4, 0.5) is 4.79 Å². The number of ether oxygens (including phenoxy) is 3. The first-order chi connectivity index (χ1) is 11.2. The summed E-state index contributed by atoms with van der Waals surface area (Å²) in [5, 5.41) is 11.3. The van der Waals surface area contributed by atoms with Gasteiger partial charge in [-0.1, -0.05) is 6.07 Å². The number of esters is 1. The second-order valence-electron chi connectivity index (χ2n) is 6.00. The largest absolute Gasteiger partial charge is 0.493 e. The average Bonchev–Trinajstić information content (AvgIpc) is 2.51. The zero-order valence-corrected chi connectivity index (χ0v) is 14.3. The van der Waals surface area contributed by atoms with Gasteiger partial charge < -0.3 is 19.5 Å². The number of carbonyl (C=O) groups is 2. The van der Waals surface area contributed by atoms with Crippen molar-refractivity contribution in [3.05, 3.63) is 29.8 Å². The monoisotopic (exact) mass is 334 g/mol. The minimum Gasteiger partial charge on any atom is -0.493 e. The summed E-state index contributed by atoms with van der Waals surface area (Å²) in [6.45, 7) is 5.34. The molecule has 1 amide bonds. The lowest BCUT2D eigenvalue weighted by atomic mass is 10.2. The van der Waals surface area contributed by atoms with Crippen molar-refractivity contribution >= 4 is 12.1 Å². The molecule has 0 unspecified atom stereocenters. The Bertz CT molecular complexity index is 616. The maximum absolute atomic E-state index is 11.8. The zero-order chi connectivity index (χ0) is 18.2. The smallest absolute Gasteiger partial charge is 0.408 e. The van der Waals surface area contributed by atoms with Gasteiger partial charge in [-0.05, 0) is 39.0 Å². The second kappa shape index (κ2) is 8.77. The molecule has 0 aromatic heterocycles. The van der Waals surface area contributed by atoms with Crippen LogP contribution in [0, 0.1) is 11.3 Å². The maximum atomic E-state index is 11.8. The van der Waals surface area contributed by atoms with Crippen LogP contribution in [0.3, 0.4) is 0 Å². The van der Waals surface area contributed by atoms with E-state index in [9.17, 15) is 9.59 Å². The Morgan fingerprint density at radius 1 is 1.33 bits per heavy atom. The number of benzene rings is 1. The molecular formula is C17H22N2O5. The van der Waals surface area contributed by atoms with Gasteiger partial charge in [0.2, 0.25) is 0 Å². The Morgan fingerprint density at radius 2 is 2.04 bits per heavy atom. The van der Waals surface area contributed by atoms with Crippen LogP contribution in [0.25, 0.3) is 0 Å². The summed E-state index contributed by atoms with van der Waals surface area (Å²) in [6.07, 6.45) is -0.507. The van der Waals surface area contributed by atoms with E-state index < -0.39 is 23.7 Å². The van der Waals surface area contributed by atoms with E-state index in [-0.39, 0.29) is 13.0 Å². The lowest BCUT2D eigenvalue weighted by Gasteiger charge is -2.22. The number of nitrogens with one attached hydrogen (secondary N) is 1. The molecule has 0 aliphatic heterocycles. The Morgan fingerprint density at radius 3 is 2.62 bits per heavy atom. The molecule has 7 nitrogen and oxygen atoms in total. The summed E-state index contributed by atoms with van der Waals surface area (Å²) in [4.78, 5) is 23.6. The van der Waals surface area contributed by atoms with Gasteiger partial charge in [-0.3, -0.25) is 0 Å². The van der Waals surface area contributed by atoms with Crippen molar-refractivity contribution in [3.8, 4) is 11.8 Å². The molecule has 24 heavy (non-hydrogen) atoms. The normalized spacial score (nSPS) is 11.8. The predicted molar refractivity (Wildman–Crippen MR) is 86.4 cm³/mol. The van der Waals surface area contributed by atoms with Crippen molar-refractivity contribution in [2.45, 2.75) is 38.8 Å². The molecule has 7 heteroatoms. The Balaban J connectivity index is 2.58. The highest BCUT2D eigenvalue weighted by Gasteiger charge is 2.24. The summed E-state index contributed by atoms with van der Waals surface area (Å²) in [6, 6.07) is 7.78. The lowest BCUT2D eigenvalue weighted by Crippen LogP contribution is -2.44. The first kappa shape index (κ1) is 19.3. The van der Waals surface area contributed by atoms with E-state index in [0.717, 1.165) is 0 Å². The summed E-state index contributed by atoms with van der Waals surface area (Å²) in [5.74, 6) is -0.0785. The van der Waals surface area contributed by atoms with E-state index in [0.29, 0.717) is 11.3 Å². The summed E-state index contributed by atoms with van der Waals surface area (Å²) >= 11 is 0. The van der Waals surface area contributed by atoms with Crippen molar-refractivity contribution in [2.24, 2.45) is 0 Å². The van der Waals surface area contributed by atoms with Gasteiger partial charge in [-0.2, -0.15) is 5.26 Å². The van der Waals surface area contributed by atoms with E-state index in [1.54, 1.807) is 45.0 Å². The first-order valence-electron chi connectivity index (χ1n) is 7.45. The van der Waals surface area contributed by atoms with E-state index in [4.69, 9.17) is 14.7 Å². The summed E-state index contributed by atoms with van der Waals surface area (Å²) in [7, 11) is 1.24. The van der Waals surface area contributed by atoms with Gasteiger partial charge in [0.05, 0.1) is 25.3 Å². The van der Waals surface area contributed by atoms with Gasteiger partial charge in [-0.25, -0.2) is 9.59 Å². The van der Waals surface area contributed by atoms with Crippen LogP contribution < -0.4 is 10.1 Å². The molecule has 1 aromatic rings. The van der Waals surface area contributed by atoms with Crippen LogP contribution in [0.15, 0.2) is 24.3 Å². The van der Waals surface area contributed by atoms with Gasteiger partial charge in [0, 0.05) is 6.42 Å². The van der Waals surface area contributed by atoms with Crippen molar-refractivity contribution in [1.82, 2.24) is 5.32 Å². The molecule has 1 aromatic carbocycles. The van der Waals surface area contributed by atoms with E-state index in [1.807, 2.05) is 6.07 Å². The number of alkyl carbamates (subject to hydrolysis) is 1. The summed E-state index contributed by atoms with van der Waals surface area (Å²) in [5.41, 5.74) is -0.192. The van der Waals surface area contributed by atoms with Gasteiger partial charge in [0.15, 0.2) is 0 Å². The molecule has 0 bridgehead atoms. The number of nitrogens with zero attached hydrogens (tertiary/aromatic N) is 1. The minimum atomic E-state index is -0.885. The predicted octanol–water partition coefficient (Wildman–Crippen LogP) is 2.39. The number of amides is 1. The highest BCUT2D eigenvalue weighted by atomic mass is 16.6. The third-order valence-electron chi connectivity index (χ3n) is 2.82. The molecule has 0 aliphatic rings. The van der Waals surface area contributed by atoms with Crippen molar-refractivity contribution < 1.29 is 23.8 Å². The molecule has 0 saturated heterocycles. The number of nitriles is 1. The fraction of sp³-hybridized carbons (Fsp3) is 0.471. The first-order valence-corrected chi connectivity index (χ1v) is 7.45. The quantitative estimate of drug-likeness (QED) is 0.802. The molecule has 0 aliphatic carbocycles. The third kappa shape index (κ3) is 7.01. The SMILES string of the molecule is COC(=O)[C@H](CCOc1cccc(C#N)c1)NC(=O)OC(C)(C)C. The van der Waals surface area contributed by atoms with E-state index in [2.05, 4.69) is 10.1 Å². The minimum absolute atomic E-state index is 0.157.